The quantitative estimate of drug-likeness (QED) is 0.827. The number of rotatable bonds is 5. The van der Waals surface area contributed by atoms with Crippen LogP contribution in [0, 0.1) is 6.92 Å². The molecule has 7 heteroatoms. The van der Waals surface area contributed by atoms with E-state index in [1.807, 2.05) is 19.1 Å². The highest BCUT2D eigenvalue weighted by atomic mass is 16.5. The molecule has 0 saturated heterocycles. The number of aryl methyl sites for hydroxylation is 1. The van der Waals surface area contributed by atoms with Gasteiger partial charge in [-0.05, 0) is 24.6 Å². The van der Waals surface area contributed by atoms with E-state index in [1.165, 1.54) is 14.2 Å². The number of nitrogens with zero attached hydrogens (tertiary/aromatic N) is 3. The molecule has 0 aliphatic heterocycles. The summed E-state index contributed by atoms with van der Waals surface area (Å²) in [6.07, 6.45) is 0. The lowest BCUT2D eigenvalue weighted by molar-refractivity contribution is 0.314. The molecule has 0 N–H and O–H groups in total. The molecular formula is C13H15N3O4. The van der Waals surface area contributed by atoms with Crippen molar-refractivity contribution in [2.45, 2.75) is 6.92 Å². The number of aromatic nitrogens is 3. The number of hydrogen-bond acceptors (Lipinski definition) is 7. The van der Waals surface area contributed by atoms with Crippen molar-refractivity contribution < 1.29 is 18.9 Å². The summed E-state index contributed by atoms with van der Waals surface area (Å²) in [4.78, 5) is 11.9. The second-order valence-corrected chi connectivity index (χ2v) is 3.85. The van der Waals surface area contributed by atoms with Crippen LogP contribution in [0.25, 0.3) is 0 Å². The summed E-state index contributed by atoms with van der Waals surface area (Å²) in [7, 11) is 4.46. The van der Waals surface area contributed by atoms with E-state index in [9.17, 15) is 0 Å². The molecule has 7 nitrogen and oxygen atoms in total. The highest BCUT2D eigenvalue weighted by molar-refractivity contribution is 5.43. The number of ether oxygens (including phenoxy) is 4. The van der Waals surface area contributed by atoms with Crippen molar-refractivity contribution in [1.29, 1.82) is 0 Å². The van der Waals surface area contributed by atoms with Crippen LogP contribution in [0.1, 0.15) is 5.56 Å². The summed E-state index contributed by atoms with van der Waals surface area (Å²) in [6, 6.07) is 5.81. The maximum Gasteiger partial charge on any atom is 0.331 e. The molecule has 1 aromatic carbocycles. The Morgan fingerprint density at radius 3 is 1.90 bits per heavy atom. The van der Waals surface area contributed by atoms with Crippen molar-refractivity contribution in [3.8, 4) is 29.5 Å². The minimum atomic E-state index is 0.0656. The van der Waals surface area contributed by atoms with Crippen LogP contribution in [0.3, 0.4) is 0 Å². The molecule has 1 heterocycles. The van der Waals surface area contributed by atoms with Crippen LogP contribution in [0.4, 0.5) is 0 Å². The van der Waals surface area contributed by atoms with E-state index >= 15 is 0 Å². The zero-order valence-corrected chi connectivity index (χ0v) is 11.7. The highest BCUT2D eigenvalue weighted by Gasteiger charge is 2.12. The van der Waals surface area contributed by atoms with E-state index in [0.717, 1.165) is 5.56 Å². The van der Waals surface area contributed by atoms with E-state index in [1.54, 1.807) is 13.2 Å². The molecule has 20 heavy (non-hydrogen) atoms. The van der Waals surface area contributed by atoms with Crippen LogP contribution < -0.4 is 18.9 Å². The smallest absolute Gasteiger partial charge is 0.331 e. The van der Waals surface area contributed by atoms with E-state index in [0.29, 0.717) is 11.5 Å². The molecule has 0 amide bonds. The van der Waals surface area contributed by atoms with Crippen LogP contribution in [0.5, 0.6) is 29.5 Å². The Balaban J connectivity index is 2.34. The minimum absolute atomic E-state index is 0.0656. The summed E-state index contributed by atoms with van der Waals surface area (Å²) < 4.78 is 20.8. The zero-order chi connectivity index (χ0) is 14.5. The van der Waals surface area contributed by atoms with Crippen molar-refractivity contribution in [3.63, 3.8) is 0 Å². The third-order valence-corrected chi connectivity index (χ3v) is 2.46. The summed E-state index contributed by atoms with van der Waals surface area (Å²) in [5.74, 6) is 1.08. The van der Waals surface area contributed by atoms with E-state index in [-0.39, 0.29) is 18.0 Å². The van der Waals surface area contributed by atoms with Gasteiger partial charge in [-0.1, -0.05) is 6.07 Å². The topological polar surface area (TPSA) is 75.6 Å². The van der Waals surface area contributed by atoms with Gasteiger partial charge in [0.15, 0.2) is 11.5 Å². The largest absolute Gasteiger partial charge is 0.493 e. The molecule has 0 aliphatic rings. The van der Waals surface area contributed by atoms with Gasteiger partial charge in [0.05, 0.1) is 21.3 Å². The average molecular weight is 277 g/mol. The van der Waals surface area contributed by atoms with Gasteiger partial charge >= 0.3 is 18.0 Å². The van der Waals surface area contributed by atoms with Crippen molar-refractivity contribution in [2.75, 3.05) is 21.3 Å². The molecule has 0 radical (unpaired) electrons. The van der Waals surface area contributed by atoms with Crippen molar-refractivity contribution in [2.24, 2.45) is 0 Å². The first kappa shape index (κ1) is 13.9. The Kier molecular flexibility index (Phi) is 4.19. The maximum absolute atomic E-state index is 5.59. The Morgan fingerprint density at radius 2 is 1.35 bits per heavy atom. The molecular weight excluding hydrogens is 262 g/mol. The minimum Gasteiger partial charge on any atom is -0.493 e. The predicted octanol–water partition coefficient (Wildman–Crippen LogP) is 2.00. The van der Waals surface area contributed by atoms with E-state index in [2.05, 4.69) is 15.0 Å². The molecule has 0 saturated carbocycles. The summed E-state index contributed by atoms with van der Waals surface area (Å²) >= 11 is 0. The lowest BCUT2D eigenvalue weighted by Gasteiger charge is -2.10. The van der Waals surface area contributed by atoms with Gasteiger partial charge in [-0.25, -0.2) is 0 Å². The summed E-state index contributed by atoms with van der Waals surface area (Å²) in [5, 5.41) is 0. The fraction of sp³-hybridized carbons (Fsp3) is 0.308. The second-order valence-electron chi connectivity index (χ2n) is 3.85. The number of benzene rings is 1. The average Bonchev–Trinajstić information content (AvgIpc) is 2.48. The summed E-state index contributed by atoms with van der Waals surface area (Å²) in [5.41, 5.74) is 1.06. The van der Waals surface area contributed by atoms with Crippen LogP contribution in [0.2, 0.25) is 0 Å². The molecule has 0 unspecified atom stereocenters. The molecule has 0 atom stereocenters. The molecule has 0 spiro atoms. The van der Waals surface area contributed by atoms with Gasteiger partial charge in [-0.15, -0.1) is 15.0 Å². The molecule has 1 aromatic heterocycles. The standard InChI is InChI=1S/C13H15N3O4/c1-8-5-6-9(10(7-8)17-2)20-13-15-11(18-3)14-12(16-13)19-4/h5-7H,1-4H3. The molecule has 106 valence electrons. The van der Waals surface area contributed by atoms with Gasteiger partial charge in [0.25, 0.3) is 0 Å². The maximum atomic E-state index is 5.59. The van der Waals surface area contributed by atoms with Crippen LogP contribution in [-0.2, 0) is 0 Å². The first-order chi connectivity index (χ1) is 9.66. The zero-order valence-electron chi connectivity index (χ0n) is 11.7. The van der Waals surface area contributed by atoms with Crippen molar-refractivity contribution >= 4 is 0 Å². The van der Waals surface area contributed by atoms with Crippen LogP contribution in [-0.4, -0.2) is 36.3 Å². The van der Waals surface area contributed by atoms with Crippen LogP contribution in [0.15, 0.2) is 18.2 Å². The van der Waals surface area contributed by atoms with Gasteiger partial charge < -0.3 is 18.9 Å². The molecule has 0 aliphatic carbocycles. The third kappa shape index (κ3) is 3.05. The van der Waals surface area contributed by atoms with Crippen LogP contribution >= 0.6 is 0 Å². The SMILES string of the molecule is COc1nc(OC)nc(Oc2ccc(C)cc2OC)n1. The predicted molar refractivity (Wildman–Crippen MR) is 70.7 cm³/mol. The van der Waals surface area contributed by atoms with Gasteiger partial charge in [0, 0.05) is 0 Å². The molecule has 0 bridgehead atoms. The fourth-order valence-corrected chi connectivity index (χ4v) is 1.51. The first-order valence-corrected chi connectivity index (χ1v) is 5.83. The Morgan fingerprint density at radius 1 is 0.750 bits per heavy atom. The van der Waals surface area contributed by atoms with Crippen molar-refractivity contribution in [3.05, 3.63) is 23.8 Å². The number of methoxy groups -OCH3 is 3. The third-order valence-electron chi connectivity index (χ3n) is 2.46. The van der Waals surface area contributed by atoms with Gasteiger partial charge in [0.2, 0.25) is 0 Å². The van der Waals surface area contributed by atoms with Gasteiger partial charge in [0.1, 0.15) is 0 Å². The monoisotopic (exact) mass is 277 g/mol. The van der Waals surface area contributed by atoms with Gasteiger partial charge in [-0.2, -0.15) is 0 Å². The lowest BCUT2D eigenvalue weighted by atomic mass is 10.2. The second kappa shape index (κ2) is 6.05. The summed E-state index contributed by atoms with van der Waals surface area (Å²) in [6.45, 7) is 1.96. The first-order valence-electron chi connectivity index (χ1n) is 5.83. The molecule has 2 aromatic rings. The van der Waals surface area contributed by atoms with E-state index in [4.69, 9.17) is 18.9 Å². The normalized spacial score (nSPS) is 10.0. The molecule has 2 rings (SSSR count). The Labute approximate surface area is 116 Å². The Bertz CT molecular complexity index is 582. The van der Waals surface area contributed by atoms with E-state index < -0.39 is 0 Å². The lowest BCUT2D eigenvalue weighted by Crippen LogP contribution is -2.02. The van der Waals surface area contributed by atoms with Gasteiger partial charge in [-0.3, -0.25) is 0 Å². The molecule has 0 fully saturated rings. The number of hydrogen-bond donors (Lipinski definition) is 0. The Hall–Kier alpha value is -2.57. The fourth-order valence-electron chi connectivity index (χ4n) is 1.51. The van der Waals surface area contributed by atoms with Crippen molar-refractivity contribution in [1.82, 2.24) is 15.0 Å². The highest BCUT2D eigenvalue weighted by Crippen LogP contribution is 2.31.